The van der Waals surface area contributed by atoms with Gasteiger partial charge < -0.3 is 10.1 Å². The molecule has 4 rings (SSSR count). The number of pyridine rings is 1. The van der Waals surface area contributed by atoms with Gasteiger partial charge in [-0.05, 0) is 19.5 Å². The lowest BCUT2D eigenvalue weighted by atomic mass is 10.1. The molecule has 4 heterocycles. The second-order valence-corrected chi connectivity index (χ2v) is 9.13. The van der Waals surface area contributed by atoms with E-state index in [1.54, 1.807) is 19.3 Å². The zero-order chi connectivity index (χ0) is 22.1. The van der Waals surface area contributed by atoms with E-state index in [1.165, 1.54) is 11.1 Å². The predicted octanol–water partition coefficient (Wildman–Crippen LogP) is 1.71. The molecule has 1 saturated heterocycles. The van der Waals surface area contributed by atoms with Crippen molar-refractivity contribution in [2.45, 2.75) is 19.0 Å². The van der Waals surface area contributed by atoms with Gasteiger partial charge in [0.25, 0.3) is 11.8 Å². The molecular weight excluding hydrogens is 440 g/mol. The first-order valence-electron chi connectivity index (χ1n) is 9.83. The van der Waals surface area contributed by atoms with Crippen LogP contribution in [0.4, 0.5) is 5.82 Å². The van der Waals surface area contributed by atoms with Gasteiger partial charge in [0.1, 0.15) is 12.6 Å². The van der Waals surface area contributed by atoms with Gasteiger partial charge in [-0.1, -0.05) is 11.6 Å². The second-order valence-electron chi connectivity index (χ2n) is 7.54. The molecule has 2 aliphatic rings. The summed E-state index contributed by atoms with van der Waals surface area (Å²) in [5, 5.41) is 3.10. The minimum atomic E-state index is -0.910. The number of fused-ring (bicyclic) bond motifs is 1. The number of likely N-dealkylation sites (N-methyl/N-ethyl adjacent to an activating group) is 1. The Balaban J connectivity index is 1.53. The molecule has 0 radical (unpaired) electrons. The van der Waals surface area contributed by atoms with Crippen LogP contribution in [0.15, 0.2) is 18.5 Å². The molecule has 1 fully saturated rings. The minimum absolute atomic E-state index is 0.0305. The number of hydrogen-bond acceptors (Lipinski definition) is 8. The second kappa shape index (κ2) is 8.97. The number of ether oxygens (including phenoxy) is 1. The topological polar surface area (TPSA) is 101 Å². The standard InChI is InChI=1S/C20H23ClN6O3S/c1-11-7-22-17(25-16(11)14-10-31-5-4-26(14)2)19(28)24-13-9-30-15-6-12(21)8-23-18(15)27(3)20(13)29/h6-8,13-14H,4-5,9-10H2,1-3H3,(H,24,28)/t13-,14?/m0/s1. The maximum Gasteiger partial charge on any atom is 0.289 e. The fourth-order valence-corrected chi connectivity index (χ4v) is 4.92. The molecule has 2 aliphatic heterocycles. The fourth-order valence-electron chi connectivity index (χ4n) is 3.56. The van der Waals surface area contributed by atoms with Crippen molar-refractivity contribution in [2.24, 2.45) is 0 Å². The zero-order valence-corrected chi connectivity index (χ0v) is 19.0. The molecule has 2 aromatic heterocycles. The van der Waals surface area contributed by atoms with E-state index in [0.29, 0.717) is 16.6 Å². The van der Waals surface area contributed by atoms with Crippen LogP contribution < -0.4 is 15.0 Å². The number of aromatic nitrogens is 3. The normalized spacial score (nSPS) is 21.8. The maximum atomic E-state index is 12.9. The van der Waals surface area contributed by atoms with Crippen LogP contribution in [0.2, 0.25) is 5.02 Å². The van der Waals surface area contributed by atoms with E-state index in [-0.39, 0.29) is 24.4 Å². The predicted molar refractivity (Wildman–Crippen MR) is 119 cm³/mol. The Hall–Kier alpha value is -2.43. The average molecular weight is 463 g/mol. The highest BCUT2D eigenvalue weighted by Crippen LogP contribution is 2.31. The molecular formula is C20H23ClN6O3S. The molecule has 164 valence electrons. The molecule has 0 saturated carbocycles. The van der Waals surface area contributed by atoms with Gasteiger partial charge in [0.15, 0.2) is 11.6 Å². The third kappa shape index (κ3) is 4.46. The summed E-state index contributed by atoms with van der Waals surface area (Å²) in [6.07, 6.45) is 3.10. The van der Waals surface area contributed by atoms with Crippen LogP contribution in [0.25, 0.3) is 0 Å². The van der Waals surface area contributed by atoms with E-state index >= 15 is 0 Å². The van der Waals surface area contributed by atoms with E-state index in [4.69, 9.17) is 16.3 Å². The number of thioether (sulfide) groups is 1. The van der Waals surface area contributed by atoms with Gasteiger partial charge in [-0.15, -0.1) is 0 Å². The molecule has 11 heteroatoms. The lowest BCUT2D eigenvalue weighted by Crippen LogP contribution is -2.49. The van der Waals surface area contributed by atoms with E-state index in [9.17, 15) is 9.59 Å². The Morgan fingerprint density at radius 2 is 2.13 bits per heavy atom. The molecule has 0 bridgehead atoms. The lowest BCUT2D eigenvalue weighted by Gasteiger charge is -2.32. The highest BCUT2D eigenvalue weighted by molar-refractivity contribution is 7.99. The number of hydrogen-bond donors (Lipinski definition) is 1. The zero-order valence-electron chi connectivity index (χ0n) is 17.5. The van der Waals surface area contributed by atoms with Crippen molar-refractivity contribution < 1.29 is 14.3 Å². The Morgan fingerprint density at radius 1 is 1.32 bits per heavy atom. The van der Waals surface area contributed by atoms with Crippen LogP contribution in [0.5, 0.6) is 5.75 Å². The summed E-state index contributed by atoms with van der Waals surface area (Å²) in [6, 6.07) is 0.797. The van der Waals surface area contributed by atoms with E-state index in [0.717, 1.165) is 29.3 Å². The number of aryl methyl sites for hydroxylation is 1. The van der Waals surface area contributed by atoms with Gasteiger partial charge in [0.2, 0.25) is 5.82 Å². The van der Waals surface area contributed by atoms with Gasteiger partial charge in [0.05, 0.1) is 16.8 Å². The minimum Gasteiger partial charge on any atom is -0.487 e. The quantitative estimate of drug-likeness (QED) is 0.735. The summed E-state index contributed by atoms with van der Waals surface area (Å²) in [5.41, 5.74) is 1.77. The molecule has 0 aliphatic carbocycles. The van der Waals surface area contributed by atoms with Gasteiger partial charge in [-0.2, -0.15) is 11.8 Å². The Bertz CT molecular complexity index is 1020. The van der Waals surface area contributed by atoms with Crippen molar-refractivity contribution in [1.29, 1.82) is 0 Å². The molecule has 31 heavy (non-hydrogen) atoms. The molecule has 0 aromatic carbocycles. The van der Waals surface area contributed by atoms with Crippen molar-refractivity contribution in [1.82, 2.24) is 25.2 Å². The van der Waals surface area contributed by atoms with Crippen LogP contribution in [0.3, 0.4) is 0 Å². The number of rotatable bonds is 3. The summed E-state index contributed by atoms with van der Waals surface area (Å²) in [7, 11) is 3.63. The number of carbonyl (C=O) groups excluding carboxylic acids is 2. The molecule has 0 spiro atoms. The Kier molecular flexibility index (Phi) is 6.31. The number of anilines is 1. The van der Waals surface area contributed by atoms with Crippen LogP contribution >= 0.6 is 23.4 Å². The largest absolute Gasteiger partial charge is 0.487 e. The van der Waals surface area contributed by atoms with Crippen LogP contribution in [-0.4, -0.2) is 76.5 Å². The fraction of sp³-hybridized carbons (Fsp3) is 0.450. The summed E-state index contributed by atoms with van der Waals surface area (Å²) in [5.74, 6) is 1.86. The third-order valence-corrected chi connectivity index (χ3v) is 6.61. The summed E-state index contributed by atoms with van der Waals surface area (Å²) in [4.78, 5) is 42.3. The first-order chi connectivity index (χ1) is 14.8. The third-order valence-electron chi connectivity index (χ3n) is 5.38. The van der Waals surface area contributed by atoms with Crippen molar-refractivity contribution in [3.8, 4) is 5.75 Å². The summed E-state index contributed by atoms with van der Waals surface area (Å²) in [6.45, 7) is 2.85. The molecule has 1 unspecified atom stereocenters. The highest BCUT2D eigenvalue weighted by Gasteiger charge is 2.33. The van der Waals surface area contributed by atoms with Gasteiger partial charge in [-0.3, -0.25) is 19.4 Å². The van der Waals surface area contributed by atoms with Gasteiger partial charge in [-0.25, -0.2) is 15.0 Å². The van der Waals surface area contributed by atoms with Crippen molar-refractivity contribution in [2.75, 3.05) is 43.7 Å². The number of carbonyl (C=O) groups is 2. The summed E-state index contributed by atoms with van der Waals surface area (Å²) < 4.78 is 5.70. The van der Waals surface area contributed by atoms with E-state index in [2.05, 4.69) is 32.2 Å². The molecule has 2 aromatic rings. The average Bonchev–Trinajstić information content (AvgIpc) is 2.86. The monoisotopic (exact) mass is 462 g/mol. The number of nitrogens with zero attached hydrogens (tertiary/aromatic N) is 5. The number of halogens is 1. The molecule has 2 amide bonds. The maximum absolute atomic E-state index is 12.9. The Labute approximate surface area is 189 Å². The van der Waals surface area contributed by atoms with E-state index < -0.39 is 11.9 Å². The van der Waals surface area contributed by atoms with Crippen LogP contribution in [-0.2, 0) is 4.79 Å². The van der Waals surface area contributed by atoms with Crippen LogP contribution in [0.1, 0.15) is 27.9 Å². The van der Waals surface area contributed by atoms with Crippen molar-refractivity contribution in [3.63, 3.8) is 0 Å². The highest BCUT2D eigenvalue weighted by atomic mass is 35.5. The van der Waals surface area contributed by atoms with Crippen molar-refractivity contribution in [3.05, 3.63) is 40.6 Å². The first kappa shape index (κ1) is 21.8. The first-order valence-corrected chi connectivity index (χ1v) is 11.4. The number of amides is 2. The lowest BCUT2D eigenvalue weighted by molar-refractivity contribution is -0.120. The van der Waals surface area contributed by atoms with E-state index in [1.807, 2.05) is 18.7 Å². The summed E-state index contributed by atoms with van der Waals surface area (Å²) >= 11 is 7.85. The van der Waals surface area contributed by atoms with Gasteiger partial charge in [0, 0.05) is 43.6 Å². The molecule has 1 N–H and O–H groups in total. The van der Waals surface area contributed by atoms with Gasteiger partial charge >= 0.3 is 0 Å². The Morgan fingerprint density at radius 3 is 2.90 bits per heavy atom. The van der Waals surface area contributed by atoms with Crippen LogP contribution in [0, 0.1) is 6.92 Å². The molecule has 9 nitrogen and oxygen atoms in total. The van der Waals surface area contributed by atoms with Crippen molar-refractivity contribution >= 4 is 41.0 Å². The molecule has 2 atom stereocenters. The SMILES string of the molecule is Cc1cnc(C(=O)N[C@H]2COc3cc(Cl)cnc3N(C)C2=O)nc1C1CSCCN1C. The smallest absolute Gasteiger partial charge is 0.289 e. The number of nitrogens with one attached hydrogen (secondary N) is 1.